The highest BCUT2D eigenvalue weighted by Gasteiger charge is 2.52. The highest BCUT2D eigenvalue weighted by Crippen LogP contribution is 2.44. The third-order valence-electron chi connectivity index (χ3n) is 6.21. The van der Waals surface area contributed by atoms with E-state index in [9.17, 15) is 14.4 Å². The van der Waals surface area contributed by atoms with Gasteiger partial charge in [0, 0.05) is 31.0 Å². The molecule has 0 spiro atoms. The van der Waals surface area contributed by atoms with Gasteiger partial charge in [0.25, 0.3) is 5.91 Å². The molecule has 3 amide bonds. The number of carbonyl (C=O) groups excluding carboxylic acids is 3. The minimum atomic E-state index is -0.760. The van der Waals surface area contributed by atoms with Gasteiger partial charge in [-0.25, -0.2) is 0 Å². The van der Waals surface area contributed by atoms with Gasteiger partial charge >= 0.3 is 0 Å². The van der Waals surface area contributed by atoms with Crippen LogP contribution in [-0.4, -0.2) is 39.8 Å². The van der Waals surface area contributed by atoms with E-state index in [2.05, 4.69) is 10.3 Å². The number of amides is 3. The second-order valence-electron chi connectivity index (χ2n) is 8.10. The van der Waals surface area contributed by atoms with E-state index in [1.54, 1.807) is 28.1 Å². The van der Waals surface area contributed by atoms with Crippen molar-refractivity contribution in [2.24, 2.45) is 0 Å². The Kier molecular flexibility index (Phi) is 4.46. The Hall–Kier alpha value is -3.74. The first-order chi connectivity index (χ1) is 15.0. The maximum atomic E-state index is 13.3. The van der Waals surface area contributed by atoms with Crippen molar-refractivity contribution in [2.45, 2.75) is 31.8 Å². The second-order valence-corrected chi connectivity index (χ2v) is 8.10. The lowest BCUT2D eigenvalue weighted by atomic mass is 9.98. The minimum Gasteiger partial charge on any atom is -0.324 e. The van der Waals surface area contributed by atoms with Crippen molar-refractivity contribution in [1.82, 2.24) is 9.88 Å². The normalized spacial score (nSPS) is 20.0. The first-order valence-electron chi connectivity index (χ1n) is 10.4. The van der Waals surface area contributed by atoms with Crippen molar-refractivity contribution in [2.75, 3.05) is 16.8 Å². The highest BCUT2D eigenvalue weighted by atomic mass is 16.2. The van der Waals surface area contributed by atoms with Crippen molar-refractivity contribution in [3.8, 4) is 0 Å². The van der Waals surface area contributed by atoms with Gasteiger partial charge in [-0.1, -0.05) is 30.3 Å². The number of fused-ring (bicyclic) bond motifs is 4. The zero-order valence-corrected chi connectivity index (χ0v) is 17.2. The smallest absolute Gasteiger partial charge is 0.257 e. The average Bonchev–Trinajstić information content (AvgIpc) is 3.09. The Morgan fingerprint density at radius 2 is 1.90 bits per heavy atom. The summed E-state index contributed by atoms with van der Waals surface area (Å²) in [5, 5.41) is 3.86. The molecule has 2 aliphatic rings. The number of benzene rings is 2. The summed E-state index contributed by atoms with van der Waals surface area (Å²) in [6.45, 7) is 2.12. The van der Waals surface area contributed by atoms with Gasteiger partial charge in [-0.2, -0.15) is 0 Å². The van der Waals surface area contributed by atoms with Gasteiger partial charge in [0.1, 0.15) is 5.66 Å². The Morgan fingerprint density at radius 1 is 1.10 bits per heavy atom. The van der Waals surface area contributed by atoms with Gasteiger partial charge < -0.3 is 10.2 Å². The Morgan fingerprint density at radius 3 is 2.77 bits per heavy atom. The van der Waals surface area contributed by atoms with Crippen molar-refractivity contribution >= 4 is 40.0 Å². The van der Waals surface area contributed by atoms with E-state index >= 15 is 0 Å². The molecule has 7 heteroatoms. The Bertz CT molecular complexity index is 1220. The number of aromatic nitrogens is 1. The highest BCUT2D eigenvalue weighted by molar-refractivity contribution is 6.10. The molecule has 31 heavy (non-hydrogen) atoms. The molecule has 1 fully saturated rings. The third kappa shape index (κ3) is 3.04. The summed E-state index contributed by atoms with van der Waals surface area (Å²) in [7, 11) is 0. The van der Waals surface area contributed by atoms with Crippen molar-refractivity contribution in [1.29, 1.82) is 0 Å². The van der Waals surface area contributed by atoms with E-state index in [1.807, 2.05) is 49.4 Å². The molecule has 0 saturated carbocycles. The molecule has 156 valence electrons. The summed E-state index contributed by atoms with van der Waals surface area (Å²) in [5.74, 6) is -0.355. The molecule has 2 aromatic carbocycles. The van der Waals surface area contributed by atoms with Crippen LogP contribution < -0.4 is 10.2 Å². The summed E-state index contributed by atoms with van der Waals surface area (Å²) in [5.41, 5.74) is 1.75. The zero-order valence-electron chi connectivity index (χ0n) is 17.2. The Labute approximate surface area is 179 Å². The van der Waals surface area contributed by atoms with Crippen LogP contribution in [0.3, 0.4) is 0 Å². The number of hydrogen-bond donors (Lipinski definition) is 1. The number of rotatable bonds is 4. The van der Waals surface area contributed by atoms with Gasteiger partial charge in [0.2, 0.25) is 11.8 Å². The number of anilines is 2. The summed E-state index contributed by atoms with van der Waals surface area (Å²) >= 11 is 0. The van der Waals surface area contributed by atoms with Crippen LogP contribution in [0, 0.1) is 0 Å². The predicted octanol–water partition coefficient (Wildman–Crippen LogP) is 3.56. The molecule has 0 bridgehead atoms. The first kappa shape index (κ1) is 19.2. The van der Waals surface area contributed by atoms with Crippen molar-refractivity contribution < 1.29 is 14.4 Å². The average molecular weight is 414 g/mol. The van der Waals surface area contributed by atoms with Gasteiger partial charge in [0.05, 0.1) is 22.5 Å². The number of para-hydroxylation sites is 2. The maximum Gasteiger partial charge on any atom is 0.257 e. The number of hydrogen-bond acceptors (Lipinski definition) is 4. The summed E-state index contributed by atoms with van der Waals surface area (Å²) in [4.78, 5) is 46.4. The van der Waals surface area contributed by atoms with E-state index in [-0.39, 0.29) is 30.7 Å². The fourth-order valence-electron chi connectivity index (χ4n) is 4.67. The van der Waals surface area contributed by atoms with Gasteiger partial charge in [-0.05, 0) is 37.6 Å². The maximum absolute atomic E-state index is 13.3. The van der Waals surface area contributed by atoms with E-state index < -0.39 is 5.66 Å². The van der Waals surface area contributed by atoms with Gasteiger partial charge in [-0.15, -0.1) is 0 Å². The largest absolute Gasteiger partial charge is 0.324 e. The number of nitrogens with one attached hydrogen (secondary N) is 1. The molecule has 1 aromatic heterocycles. The molecule has 2 aliphatic heterocycles. The van der Waals surface area contributed by atoms with E-state index in [0.717, 1.165) is 10.9 Å². The van der Waals surface area contributed by atoms with Gasteiger partial charge in [-0.3, -0.25) is 24.3 Å². The van der Waals surface area contributed by atoms with Crippen LogP contribution in [0.4, 0.5) is 11.4 Å². The quantitative estimate of drug-likeness (QED) is 0.708. The van der Waals surface area contributed by atoms with Crippen LogP contribution in [0.5, 0.6) is 0 Å². The lowest BCUT2D eigenvalue weighted by molar-refractivity contribution is -0.117. The third-order valence-corrected chi connectivity index (χ3v) is 6.21. The molecular formula is C24H22N4O3. The van der Waals surface area contributed by atoms with E-state index in [4.69, 9.17) is 0 Å². The fourth-order valence-corrected chi connectivity index (χ4v) is 4.67. The van der Waals surface area contributed by atoms with E-state index in [0.29, 0.717) is 29.8 Å². The molecule has 0 unspecified atom stereocenters. The second kappa shape index (κ2) is 7.19. The number of pyridine rings is 1. The standard InChI is InChI=1S/C24H22N4O3/c1-24-13-11-21(30)28(24)19-10-3-2-8-17(19)23(31)27(24)15-12-20(29)26-18-9-4-6-16-7-5-14-25-22(16)18/h2-10,14H,11-13,15H2,1H3,(H,26,29)/t24-/m1/s1. The van der Waals surface area contributed by atoms with Crippen LogP contribution in [0.15, 0.2) is 60.8 Å². The zero-order chi connectivity index (χ0) is 21.6. The van der Waals surface area contributed by atoms with Crippen LogP contribution in [-0.2, 0) is 9.59 Å². The first-order valence-corrected chi connectivity index (χ1v) is 10.4. The molecule has 3 heterocycles. The number of nitrogens with zero attached hydrogens (tertiary/aromatic N) is 3. The predicted molar refractivity (Wildman–Crippen MR) is 118 cm³/mol. The summed E-state index contributed by atoms with van der Waals surface area (Å²) in [6, 6.07) is 16.6. The van der Waals surface area contributed by atoms with Crippen LogP contribution in [0.1, 0.15) is 36.5 Å². The summed E-state index contributed by atoms with van der Waals surface area (Å²) in [6.07, 6.45) is 2.73. The molecule has 1 N–H and O–H groups in total. The van der Waals surface area contributed by atoms with E-state index in [1.165, 1.54) is 0 Å². The lowest BCUT2D eigenvalue weighted by Crippen LogP contribution is -2.62. The molecule has 0 aliphatic carbocycles. The molecule has 1 saturated heterocycles. The molecule has 0 radical (unpaired) electrons. The molecule has 5 rings (SSSR count). The lowest BCUT2D eigenvalue weighted by Gasteiger charge is -2.48. The molecular weight excluding hydrogens is 392 g/mol. The monoisotopic (exact) mass is 414 g/mol. The molecule has 1 atom stereocenters. The Balaban J connectivity index is 1.38. The molecule has 7 nitrogen and oxygen atoms in total. The topological polar surface area (TPSA) is 82.6 Å². The number of carbonyl (C=O) groups is 3. The molecule has 3 aromatic rings. The SMILES string of the molecule is C[C@]12CCC(=O)N1c1ccccc1C(=O)N2CCC(=O)Nc1cccc2cccnc12. The van der Waals surface area contributed by atoms with Crippen molar-refractivity contribution in [3.63, 3.8) is 0 Å². The summed E-state index contributed by atoms with van der Waals surface area (Å²) < 4.78 is 0. The minimum absolute atomic E-state index is 0.00117. The van der Waals surface area contributed by atoms with Crippen LogP contribution in [0.2, 0.25) is 0 Å². The van der Waals surface area contributed by atoms with Gasteiger partial charge in [0.15, 0.2) is 0 Å². The van der Waals surface area contributed by atoms with Crippen molar-refractivity contribution in [3.05, 3.63) is 66.4 Å². The van der Waals surface area contributed by atoms with Crippen LogP contribution in [0.25, 0.3) is 10.9 Å². The fraction of sp³-hybridized carbons (Fsp3) is 0.250. The van der Waals surface area contributed by atoms with Crippen LogP contribution >= 0.6 is 0 Å².